The minimum absolute atomic E-state index is 0.270. The minimum atomic E-state index is 0.270. The molecular formula is C25H25N3OS. The fourth-order valence-corrected chi connectivity index (χ4v) is 5.40. The third-order valence-corrected chi connectivity index (χ3v) is 7.12. The van der Waals surface area contributed by atoms with Crippen molar-refractivity contribution >= 4 is 18.0 Å². The molecule has 0 aromatic heterocycles. The van der Waals surface area contributed by atoms with Gasteiger partial charge in [-0.3, -0.25) is 9.91 Å². The summed E-state index contributed by atoms with van der Waals surface area (Å²) >= 11 is 1.89. The zero-order valence-electron chi connectivity index (χ0n) is 16.8. The monoisotopic (exact) mass is 415 g/mol. The first-order valence-corrected chi connectivity index (χ1v) is 11.3. The van der Waals surface area contributed by atoms with E-state index >= 15 is 0 Å². The Bertz CT molecular complexity index is 1060. The first kappa shape index (κ1) is 19.2. The van der Waals surface area contributed by atoms with Crippen LogP contribution in [-0.2, 0) is 6.42 Å². The summed E-state index contributed by atoms with van der Waals surface area (Å²) in [6, 6.07) is 25.4. The number of hydrogen-bond acceptors (Lipinski definition) is 5. The molecule has 152 valence electrons. The second kappa shape index (κ2) is 8.54. The van der Waals surface area contributed by atoms with Crippen molar-refractivity contribution in [3.05, 3.63) is 89.5 Å². The number of phenolic OH excluding ortho intramolecular Hbond substituents is 1. The van der Waals surface area contributed by atoms with Crippen LogP contribution in [0.15, 0.2) is 87.7 Å². The Labute approximate surface area is 181 Å². The summed E-state index contributed by atoms with van der Waals surface area (Å²) < 4.78 is 0. The Morgan fingerprint density at radius 3 is 2.37 bits per heavy atom. The molecule has 0 radical (unpaired) electrons. The van der Waals surface area contributed by atoms with E-state index in [4.69, 9.17) is 0 Å². The number of aromatic hydroxyl groups is 1. The van der Waals surface area contributed by atoms with Crippen molar-refractivity contribution in [3.63, 3.8) is 0 Å². The number of phenols is 1. The highest BCUT2D eigenvalue weighted by atomic mass is 32.2. The zero-order chi connectivity index (χ0) is 20.3. The number of hydrogen-bond donors (Lipinski definition) is 1. The van der Waals surface area contributed by atoms with Gasteiger partial charge in [0.05, 0.1) is 6.21 Å². The van der Waals surface area contributed by atoms with E-state index in [1.165, 1.54) is 20.9 Å². The maximum absolute atomic E-state index is 9.93. The van der Waals surface area contributed by atoms with Crippen molar-refractivity contribution in [2.75, 3.05) is 26.2 Å². The van der Waals surface area contributed by atoms with Gasteiger partial charge in [0, 0.05) is 47.6 Å². The molecule has 1 fully saturated rings. The SMILES string of the molecule is Oc1ccccc1/C=N\N1CCN([C@H]2Cc3ccccc3Sc3ccccc32)CC1. The topological polar surface area (TPSA) is 39.1 Å². The third kappa shape index (κ3) is 3.95. The molecule has 0 spiro atoms. The molecule has 0 amide bonds. The number of benzene rings is 3. The molecule has 0 saturated carbocycles. The Morgan fingerprint density at radius 2 is 1.53 bits per heavy atom. The van der Waals surface area contributed by atoms with Crippen LogP contribution in [0.1, 0.15) is 22.7 Å². The molecule has 1 atom stereocenters. The molecule has 0 unspecified atom stereocenters. The van der Waals surface area contributed by atoms with Crippen LogP contribution in [-0.4, -0.2) is 47.4 Å². The standard InChI is InChI=1S/C25H25N3OS/c29-23-10-4-1-8-20(23)18-26-28-15-13-27(14-16-28)22-17-19-7-2-5-11-24(19)30-25-12-6-3-9-21(22)25/h1-12,18,22,29H,13-17H2/b26-18-/t22-/m0/s1. The van der Waals surface area contributed by atoms with Crippen LogP contribution in [0.2, 0.25) is 0 Å². The highest BCUT2D eigenvalue weighted by Gasteiger charge is 2.29. The molecule has 30 heavy (non-hydrogen) atoms. The Hall–Kier alpha value is -2.76. The van der Waals surface area contributed by atoms with Crippen molar-refractivity contribution < 1.29 is 5.11 Å². The van der Waals surface area contributed by atoms with Crippen LogP contribution in [0.5, 0.6) is 5.75 Å². The molecule has 3 aromatic rings. The number of rotatable bonds is 3. The van der Waals surface area contributed by atoms with Crippen molar-refractivity contribution in [2.45, 2.75) is 22.3 Å². The van der Waals surface area contributed by atoms with Crippen molar-refractivity contribution in [3.8, 4) is 5.75 Å². The van der Waals surface area contributed by atoms with E-state index < -0.39 is 0 Å². The van der Waals surface area contributed by atoms with Gasteiger partial charge in [-0.2, -0.15) is 5.10 Å². The average Bonchev–Trinajstić information content (AvgIpc) is 2.96. The van der Waals surface area contributed by atoms with E-state index in [1.807, 2.05) is 30.0 Å². The molecule has 2 aliphatic heterocycles. The molecule has 4 nitrogen and oxygen atoms in total. The van der Waals surface area contributed by atoms with E-state index in [2.05, 4.69) is 63.5 Å². The lowest BCUT2D eigenvalue weighted by Gasteiger charge is -2.38. The molecule has 2 heterocycles. The number of piperazine rings is 1. The quantitative estimate of drug-likeness (QED) is 0.624. The first-order valence-electron chi connectivity index (χ1n) is 10.4. The lowest BCUT2D eigenvalue weighted by atomic mass is 9.97. The van der Waals surface area contributed by atoms with Crippen LogP contribution in [0, 0.1) is 0 Å². The summed E-state index contributed by atoms with van der Waals surface area (Å²) in [4.78, 5) is 5.35. The summed E-state index contributed by atoms with van der Waals surface area (Å²) in [5.41, 5.74) is 3.62. The van der Waals surface area contributed by atoms with Gasteiger partial charge >= 0.3 is 0 Å². The Kier molecular flexibility index (Phi) is 5.47. The number of fused-ring (bicyclic) bond motifs is 2. The van der Waals surface area contributed by atoms with Gasteiger partial charge < -0.3 is 5.11 Å². The van der Waals surface area contributed by atoms with Crippen molar-refractivity contribution in [1.82, 2.24) is 9.91 Å². The fourth-order valence-electron chi connectivity index (χ4n) is 4.26. The number of nitrogens with zero attached hydrogens (tertiary/aromatic N) is 3. The normalized spacial score (nSPS) is 19.3. The molecule has 5 rings (SSSR count). The van der Waals surface area contributed by atoms with Gasteiger partial charge in [0.25, 0.3) is 0 Å². The van der Waals surface area contributed by atoms with Crippen molar-refractivity contribution in [1.29, 1.82) is 0 Å². The summed E-state index contributed by atoms with van der Waals surface area (Å²) in [7, 11) is 0. The van der Waals surface area contributed by atoms with E-state index in [0.717, 1.165) is 38.2 Å². The Balaban J connectivity index is 1.32. The summed E-state index contributed by atoms with van der Waals surface area (Å²) in [5.74, 6) is 0.270. The average molecular weight is 416 g/mol. The van der Waals surface area contributed by atoms with E-state index in [-0.39, 0.29) is 5.75 Å². The number of hydrazone groups is 1. The zero-order valence-corrected chi connectivity index (χ0v) is 17.6. The van der Waals surface area contributed by atoms with Gasteiger partial charge in [-0.1, -0.05) is 60.3 Å². The van der Waals surface area contributed by atoms with Crippen molar-refractivity contribution in [2.24, 2.45) is 5.10 Å². The van der Waals surface area contributed by atoms with Gasteiger partial charge in [0.1, 0.15) is 5.75 Å². The van der Waals surface area contributed by atoms with Gasteiger partial charge in [-0.25, -0.2) is 0 Å². The Morgan fingerprint density at radius 1 is 0.833 bits per heavy atom. The van der Waals surface area contributed by atoms with Crippen LogP contribution in [0.4, 0.5) is 0 Å². The molecule has 3 aromatic carbocycles. The van der Waals surface area contributed by atoms with Gasteiger partial charge in [-0.15, -0.1) is 0 Å². The molecule has 0 aliphatic carbocycles. The predicted octanol–water partition coefficient (Wildman–Crippen LogP) is 4.79. The second-order valence-corrected chi connectivity index (χ2v) is 8.84. The van der Waals surface area contributed by atoms with E-state index in [1.54, 1.807) is 12.3 Å². The minimum Gasteiger partial charge on any atom is -0.507 e. The second-order valence-electron chi connectivity index (χ2n) is 7.76. The highest BCUT2D eigenvalue weighted by molar-refractivity contribution is 7.99. The molecular weight excluding hydrogens is 390 g/mol. The maximum Gasteiger partial charge on any atom is 0.124 e. The summed E-state index contributed by atoms with van der Waals surface area (Å²) in [6.07, 6.45) is 2.81. The number of para-hydroxylation sites is 1. The van der Waals surface area contributed by atoms with Gasteiger partial charge in [0.2, 0.25) is 0 Å². The third-order valence-electron chi connectivity index (χ3n) is 5.91. The largest absolute Gasteiger partial charge is 0.507 e. The lowest BCUT2D eigenvalue weighted by Crippen LogP contribution is -2.46. The molecule has 1 saturated heterocycles. The summed E-state index contributed by atoms with van der Waals surface area (Å²) in [6.45, 7) is 3.73. The molecule has 0 bridgehead atoms. The molecule has 2 aliphatic rings. The van der Waals surface area contributed by atoms with Crippen LogP contribution >= 0.6 is 11.8 Å². The van der Waals surface area contributed by atoms with Gasteiger partial charge in [0.15, 0.2) is 0 Å². The van der Waals surface area contributed by atoms with Gasteiger partial charge in [-0.05, 0) is 41.8 Å². The molecule has 5 heteroatoms. The van der Waals surface area contributed by atoms with Crippen LogP contribution in [0.25, 0.3) is 0 Å². The summed E-state index contributed by atoms with van der Waals surface area (Å²) in [5, 5.41) is 16.6. The fraction of sp³-hybridized carbons (Fsp3) is 0.240. The predicted molar refractivity (Wildman–Crippen MR) is 122 cm³/mol. The first-order chi connectivity index (χ1) is 14.8. The highest BCUT2D eigenvalue weighted by Crippen LogP contribution is 2.42. The van der Waals surface area contributed by atoms with Crippen LogP contribution < -0.4 is 0 Å². The lowest BCUT2D eigenvalue weighted by molar-refractivity contribution is 0.0970. The smallest absolute Gasteiger partial charge is 0.124 e. The van der Waals surface area contributed by atoms with E-state index in [0.29, 0.717) is 6.04 Å². The maximum atomic E-state index is 9.93. The van der Waals surface area contributed by atoms with Crippen LogP contribution in [0.3, 0.4) is 0 Å². The molecule has 1 N–H and O–H groups in total. The van der Waals surface area contributed by atoms with E-state index in [9.17, 15) is 5.11 Å².